The molecule has 140 valence electrons. The van der Waals surface area contributed by atoms with Crippen molar-refractivity contribution in [1.29, 1.82) is 0 Å². The minimum absolute atomic E-state index is 0.00242. The van der Waals surface area contributed by atoms with Gasteiger partial charge in [-0.1, -0.05) is 41.9 Å². The molecule has 1 atom stereocenters. The van der Waals surface area contributed by atoms with E-state index in [4.69, 9.17) is 11.6 Å². The maximum Gasteiger partial charge on any atom is 0.224 e. The van der Waals surface area contributed by atoms with Crippen molar-refractivity contribution in [2.24, 2.45) is 0 Å². The third kappa shape index (κ3) is 5.00. The molecule has 1 amide bonds. The molecule has 2 aromatic carbocycles. The highest BCUT2D eigenvalue weighted by molar-refractivity contribution is 6.31. The molecule has 1 N–H and O–H groups in total. The van der Waals surface area contributed by atoms with Crippen LogP contribution in [0.15, 0.2) is 73.1 Å². The number of rotatable bonds is 7. The third-order valence-electron chi connectivity index (χ3n) is 4.58. The fourth-order valence-electron chi connectivity index (χ4n) is 3.07. The summed E-state index contributed by atoms with van der Waals surface area (Å²) >= 11 is 6.32. The van der Waals surface area contributed by atoms with Crippen LogP contribution in [0.3, 0.4) is 0 Å². The Morgan fingerprint density at radius 2 is 1.70 bits per heavy atom. The van der Waals surface area contributed by atoms with E-state index in [1.807, 2.05) is 91.7 Å². The lowest BCUT2D eigenvalue weighted by Gasteiger charge is -2.26. The van der Waals surface area contributed by atoms with Crippen LogP contribution in [0.25, 0.3) is 5.69 Å². The standard InChI is InChI=1S/C22H24ClN3O/c1-25(2)21(19-7-3-4-8-20(19)23)16-24-22(27)15-17-9-11-18(12-10-17)26-13-5-6-14-26/h3-14,21H,15-16H2,1-2H3,(H,24,27). The van der Waals surface area contributed by atoms with Gasteiger partial charge in [-0.2, -0.15) is 0 Å². The summed E-state index contributed by atoms with van der Waals surface area (Å²) in [4.78, 5) is 14.5. The van der Waals surface area contributed by atoms with Crippen molar-refractivity contribution in [2.75, 3.05) is 20.6 Å². The van der Waals surface area contributed by atoms with Gasteiger partial charge in [-0.25, -0.2) is 0 Å². The Labute approximate surface area is 165 Å². The second-order valence-corrected chi connectivity index (χ2v) is 7.15. The smallest absolute Gasteiger partial charge is 0.224 e. The second-order valence-electron chi connectivity index (χ2n) is 6.74. The number of aromatic nitrogens is 1. The van der Waals surface area contributed by atoms with Gasteiger partial charge in [0.2, 0.25) is 5.91 Å². The van der Waals surface area contributed by atoms with Gasteiger partial charge in [-0.15, -0.1) is 0 Å². The second kappa shape index (κ2) is 8.89. The summed E-state index contributed by atoms with van der Waals surface area (Å²) in [6.45, 7) is 0.511. The van der Waals surface area contributed by atoms with E-state index < -0.39 is 0 Å². The van der Waals surface area contributed by atoms with Crippen molar-refractivity contribution >= 4 is 17.5 Å². The van der Waals surface area contributed by atoms with E-state index >= 15 is 0 Å². The summed E-state index contributed by atoms with van der Waals surface area (Å²) in [5.41, 5.74) is 3.08. The first-order valence-electron chi connectivity index (χ1n) is 8.94. The zero-order valence-electron chi connectivity index (χ0n) is 15.6. The molecule has 3 aromatic rings. The summed E-state index contributed by atoms with van der Waals surface area (Å²) < 4.78 is 2.04. The molecule has 5 heteroatoms. The minimum Gasteiger partial charge on any atom is -0.354 e. The van der Waals surface area contributed by atoms with Gasteiger partial charge in [0.25, 0.3) is 0 Å². The molecule has 3 rings (SSSR count). The molecule has 1 unspecified atom stereocenters. The molecule has 27 heavy (non-hydrogen) atoms. The molecule has 0 fully saturated rings. The lowest BCUT2D eigenvalue weighted by Crippen LogP contribution is -2.35. The Morgan fingerprint density at radius 1 is 1.04 bits per heavy atom. The molecule has 0 radical (unpaired) electrons. The molecule has 0 aliphatic heterocycles. The number of carbonyl (C=O) groups is 1. The summed E-state index contributed by atoms with van der Waals surface area (Å²) in [5.74, 6) is 0.00242. The summed E-state index contributed by atoms with van der Waals surface area (Å²) in [6, 6.07) is 19.8. The van der Waals surface area contributed by atoms with Crippen LogP contribution < -0.4 is 5.32 Å². The van der Waals surface area contributed by atoms with Gasteiger partial charge in [-0.3, -0.25) is 4.79 Å². The monoisotopic (exact) mass is 381 g/mol. The molecule has 0 aliphatic rings. The van der Waals surface area contributed by atoms with Crippen LogP contribution in [-0.4, -0.2) is 36.0 Å². The SMILES string of the molecule is CN(C)C(CNC(=O)Cc1ccc(-n2cccc2)cc1)c1ccccc1Cl. The fraction of sp³-hybridized carbons (Fsp3) is 0.227. The number of hydrogen-bond donors (Lipinski definition) is 1. The number of amides is 1. The van der Waals surface area contributed by atoms with E-state index in [1.54, 1.807) is 0 Å². The molecule has 0 aliphatic carbocycles. The zero-order chi connectivity index (χ0) is 19.2. The largest absolute Gasteiger partial charge is 0.354 e. The molecule has 1 heterocycles. The molecule has 0 saturated carbocycles. The maximum atomic E-state index is 12.4. The molecule has 0 spiro atoms. The summed E-state index contributed by atoms with van der Waals surface area (Å²) in [7, 11) is 3.97. The van der Waals surface area contributed by atoms with Crippen molar-refractivity contribution in [1.82, 2.24) is 14.8 Å². The molecule has 0 saturated heterocycles. The van der Waals surface area contributed by atoms with Crippen molar-refractivity contribution in [2.45, 2.75) is 12.5 Å². The van der Waals surface area contributed by atoms with Gasteiger partial charge in [0.1, 0.15) is 0 Å². The third-order valence-corrected chi connectivity index (χ3v) is 4.93. The van der Waals surface area contributed by atoms with Crippen LogP contribution in [0.1, 0.15) is 17.2 Å². The van der Waals surface area contributed by atoms with Gasteiger partial charge in [0, 0.05) is 29.6 Å². The number of nitrogens with zero attached hydrogens (tertiary/aromatic N) is 2. The minimum atomic E-state index is 0.00242. The number of carbonyl (C=O) groups excluding carboxylic acids is 1. The van der Waals surface area contributed by atoms with Gasteiger partial charge in [0.15, 0.2) is 0 Å². The number of nitrogens with one attached hydrogen (secondary N) is 1. The fourth-order valence-corrected chi connectivity index (χ4v) is 3.33. The van der Waals surface area contributed by atoms with E-state index in [9.17, 15) is 4.79 Å². The van der Waals surface area contributed by atoms with Gasteiger partial charge in [0.05, 0.1) is 12.5 Å². The van der Waals surface area contributed by atoms with Gasteiger partial charge >= 0.3 is 0 Å². The zero-order valence-corrected chi connectivity index (χ0v) is 16.4. The Hall–Kier alpha value is -2.56. The average Bonchev–Trinajstić information content (AvgIpc) is 3.18. The molecular weight excluding hydrogens is 358 g/mol. The Bertz CT molecular complexity index is 873. The Morgan fingerprint density at radius 3 is 2.33 bits per heavy atom. The average molecular weight is 382 g/mol. The topological polar surface area (TPSA) is 37.3 Å². The highest BCUT2D eigenvalue weighted by Crippen LogP contribution is 2.25. The number of likely N-dealkylation sites (N-methyl/N-ethyl adjacent to an activating group) is 1. The number of benzene rings is 2. The summed E-state index contributed by atoms with van der Waals surface area (Å²) in [5, 5.41) is 3.75. The van der Waals surface area contributed by atoms with Crippen LogP contribution in [-0.2, 0) is 11.2 Å². The van der Waals surface area contributed by atoms with Crippen LogP contribution in [0, 0.1) is 0 Å². The lowest BCUT2D eigenvalue weighted by atomic mass is 10.1. The van der Waals surface area contributed by atoms with Crippen molar-refractivity contribution < 1.29 is 4.79 Å². The van der Waals surface area contributed by atoms with Crippen LogP contribution in [0.2, 0.25) is 5.02 Å². The van der Waals surface area contributed by atoms with E-state index in [1.165, 1.54) is 0 Å². The van der Waals surface area contributed by atoms with Crippen molar-refractivity contribution in [3.63, 3.8) is 0 Å². The first kappa shape index (κ1) is 19.2. The van der Waals surface area contributed by atoms with Crippen molar-refractivity contribution in [3.8, 4) is 5.69 Å². The van der Waals surface area contributed by atoms with Crippen molar-refractivity contribution in [3.05, 3.63) is 89.2 Å². The van der Waals surface area contributed by atoms with E-state index in [-0.39, 0.29) is 11.9 Å². The number of hydrogen-bond acceptors (Lipinski definition) is 2. The molecule has 1 aromatic heterocycles. The predicted octanol–water partition coefficient (Wildman–Crippen LogP) is 4.09. The van der Waals surface area contributed by atoms with Gasteiger partial charge < -0.3 is 14.8 Å². The highest BCUT2D eigenvalue weighted by Gasteiger charge is 2.17. The van der Waals surface area contributed by atoms with E-state index in [2.05, 4.69) is 10.2 Å². The van der Waals surface area contributed by atoms with Crippen LogP contribution >= 0.6 is 11.6 Å². The normalized spacial score (nSPS) is 12.1. The Balaban J connectivity index is 1.59. The van der Waals surface area contributed by atoms with E-state index in [0.29, 0.717) is 18.0 Å². The first-order valence-corrected chi connectivity index (χ1v) is 9.32. The number of halogens is 1. The molecule has 4 nitrogen and oxygen atoms in total. The predicted molar refractivity (Wildman–Crippen MR) is 110 cm³/mol. The lowest BCUT2D eigenvalue weighted by molar-refractivity contribution is -0.120. The maximum absolute atomic E-state index is 12.4. The molecular formula is C22H24ClN3O. The van der Waals surface area contributed by atoms with Crippen LogP contribution in [0.5, 0.6) is 0 Å². The van der Waals surface area contributed by atoms with E-state index in [0.717, 1.165) is 16.8 Å². The quantitative estimate of drug-likeness (QED) is 0.669. The Kier molecular flexibility index (Phi) is 6.32. The highest BCUT2D eigenvalue weighted by atomic mass is 35.5. The van der Waals surface area contributed by atoms with Crippen LogP contribution in [0.4, 0.5) is 0 Å². The first-order chi connectivity index (χ1) is 13.0. The molecule has 0 bridgehead atoms. The van der Waals surface area contributed by atoms with Gasteiger partial charge in [-0.05, 0) is 55.6 Å². The summed E-state index contributed by atoms with van der Waals surface area (Å²) in [6.07, 6.45) is 4.35.